The fraction of sp³-hybridized carbons (Fsp3) is 0.917. The van der Waals surface area contributed by atoms with Crippen LogP contribution in [0.25, 0.3) is 0 Å². The van der Waals surface area contributed by atoms with E-state index in [2.05, 4.69) is 19.2 Å². The molecule has 4 nitrogen and oxygen atoms in total. The number of hydrogen-bond acceptors (Lipinski definition) is 3. The van der Waals surface area contributed by atoms with E-state index < -0.39 is 0 Å². The maximum atomic E-state index is 11.6. The number of nitrogens with two attached hydrogens (primary N) is 1. The average molecular weight is 228 g/mol. The van der Waals surface area contributed by atoms with Crippen LogP contribution < -0.4 is 11.1 Å². The molecule has 3 atom stereocenters. The Hall–Kier alpha value is -0.610. The Morgan fingerprint density at radius 3 is 2.62 bits per heavy atom. The third kappa shape index (κ3) is 4.49. The zero-order chi connectivity index (χ0) is 12.1. The monoisotopic (exact) mass is 228 g/mol. The number of ether oxygens (including phenoxy) is 1. The van der Waals surface area contributed by atoms with Crippen molar-refractivity contribution in [2.75, 3.05) is 6.54 Å². The fourth-order valence-electron chi connectivity index (χ4n) is 1.90. The van der Waals surface area contributed by atoms with Crippen molar-refractivity contribution in [1.82, 2.24) is 5.32 Å². The number of amides is 1. The summed E-state index contributed by atoms with van der Waals surface area (Å²) in [6.07, 6.45) is 2.65. The largest absolute Gasteiger partial charge is 0.365 e. The van der Waals surface area contributed by atoms with Crippen LogP contribution in [0.1, 0.15) is 40.0 Å². The topological polar surface area (TPSA) is 64.3 Å². The van der Waals surface area contributed by atoms with E-state index in [1.54, 1.807) is 6.92 Å². The smallest absolute Gasteiger partial charge is 0.248 e. The molecule has 1 saturated carbocycles. The van der Waals surface area contributed by atoms with Crippen LogP contribution in [0.2, 0.25) is 0 Å². The summed E-state index contributed by atoms with van der Waals surface area (Å²) in [7, 11) is 0. The first-order valence-electron chi connectivity index (χ1n) is 6.17. The standard InChI is InChI=1S/C12H24N2O2/c1-8(2)7-14-12(15)9(3)16-11-5-4-10(13)6-11/h8-11H,4-7,13H2,1-3H3,(H,14,15). The van der Waals surface area contributed by atoms with E-state index in [9.17, 15) is 4.79 Å². The van der Waals surface area contributed by atoms with Gasteiger partial charge in [-0.15, -0.1) is 0 Å². The molecule has 1 aliphatic rings. The van der Waals surface area contributed by atoms with Crippen LogP contribution in [-0.4, -0.2) is 30.7 Å². The maximum Gasteiger partial charge on any atom is 0.248 e. The minimum atomic E-state index is -0.367. The van der Waals surface area contributed by atoms with Crippen molar-refractivity contribution in [3.63, 3.8) is 0 Å². The summed E-state index contributed by atoms with van der Waals surface area (Å²) in [5.41, 5.74) is 5.79. The van der Waals surface area contributed by atoms with Crippen molar-refractivity contribution in [1.29, 1.82) is 0 Å². The Morgan fingerprint density at radius 1 is 1.44 bits per heavy atom. The van der Waals surface area contributed by atoms with Crippen LogP contribution in [0, 0.1) is 5.92 Å². The van der Waals surface area contributed by atoms with E-state index in [-0.39, 0.29) is 24.2 Å². The third-order valence-electron chi connectivity index (χ3n) is 2.88. The van der Waals surface area contributed by atoms with Crippen LogP contribution >= 0.6 is 0 Å². The predicted molar refractivity (Wildman–Crippen MR) is 64.0 cm³/mol. The van der Waals surface area contributed by atoms with Gasteiger partial charge in [-0.25, -0.2) is 0 Å². The molecule has 94 valence electrons. The molecule has 1 rings (SSSR count). The van der Waals surface area contributed by atoms with Gasteiger partial charge in [-0.1, -0.05) is 13.8 Å². The highest BCUT2D eigenvalue weighted by Crippen LogP contribution is 2.21. The van der Waals surface area contributed by atoms with Crippen LogP contribution in [0.4, 0.5) is 0 Å². The van der Waals surface area contributed by atoms with E-state index in [1.807, 2.05) is 0 Å². The number of carbonyl (C=O) groups excluding carboxylic acids is 1. The molecular weight excluding hydrogens is 204 g/mol. The van der Waals surface area contributed by atoms with Gasteiger partial charge < -0.3 is 15.8 Å². The fourth-order valence-corrected chi connectivity index (χ4v) is 1.90. The Balaban J connectivity index is 2.23. The van der Waals surface area contributed by atoms with Crippen molar-refractivity contribution in [2.45, 2.75) is 58.3 Å². The normalized spacial score (nSPS) is 27.1. The van der Waals surface area contributed by atoms with Gasteiger partial charge in [0.15, 0.2) is 0 Å². The Labute approximate surface area is 97.9 Å². The lowest BCUT2D eigenvalue weighted by atomic mass is 10.2. The van der Waals surface area contributed by atoms with Gasteiger partial charge in [0.1, 0.15) is 6.10 Å². The molecule has 0 heterocycles. The molecule has 3 unspecified atom stereocenters. The van der Waals surface area contributed by atoms with Crippen molar-refractivity contribution in [2.24, 2.45) is 11.7 Å². The lowest BCUT2D eigenvalue weighted by molar-refractivity contribution is -0.135. The lowest BCUT2D eigenvalue weighted by Gasteiger charge is -2.18. The summed E-state index contributed by atoms with van der Waals surface area (Å²) in [6.45, 7) is 6.65. The molecule has 4 heteroatoms. The lowest BCUT2D eigenvalue weighted by Crippen LogP contribution is -2.38. The predicted octanol–water partition coefficient (Wildman–Crippen LogP) is 1.04. The van der Waals surface area contributed by atoms with Gasteiger partial charge in [0, 0.05) is 12.6 Å². The first-order chi connectivity index (χ1) is 7.49. The highest BCUT2D eigenvalue weighted by molar-refractivity contribution is 5.80. The number of rotatable bonds is 5. The first-order valence-corrected chi connectivity index (χ1v) is 6.17. The van der Waals surface area contributed by atoms with Crippen molar-refractivity contribution in [3.05, 3.63) is 0 Å². The number of hydrogen-bond donors (Lipinski definition) is 2. The summed E-state index contributed by atoms with van der Waals surface area (Å²) in [5.74, 6) is 0.449. The van der Waals surface area contributed by atoms with Crippen LogP contribution in [0.5, 0.6) is 0 Å². The molecular formula is C12H24N2O2. The van der Waals surface area contributed by atoms with Gasteiger partial charge in [-0.2, -0.15) is 0 Å². The summed E-state index contributed by atoms with van der Waals surface area (Å²) < 4.78 is 5.68. The van der Waals surface area contributed by atoms with E-state index >= 15 is 0 Å². The van der Waals surface area contributed by atoms with E-state index in [4.69, 9.17) is 10.5 Å². The van der Waals surface area contributed by atoms with Gasteiger partial charge in [-0.3, -0.25) is 4.79 Å². The quantitative estimate of drug-likeness (QED) is 0.739. The highest BCUT2D eigenvalue weighted by Gasteiger charge is 2.26. The highest BCUT2D eigenvalue weighted by atomic mass is 16.5. The second-order valence-corrected chi connectivity index (χ2v) is 5.11. The zero-order valence-electron chi connectivity index (χ0n) is 10.5. The van der Waals surface area contributed by atoms with Gasteiger partial charge >= 0.3 is 0 Å². The first kappa shape index (κ1) is 13.5. The second-order valence-electron chi connectivity index (χ2n) is 5.11. The summed E-state index contributed by atoms with van der Waals surface area (Å²) in [4.78, 5) is 11.6. The van der Waals surface area contributed by atoms with Crippen LogP contribution in [0.15, 0.2) is 0 Å². The summed E-state index contributed by atoms with van der Waals surface area (Å²) >= 11 is 0. The van der Waals surface area contributed by atoms with Crippen molar-refractivity contribution < 1.29 is 9.53 Å². The van der Waals surface area contributed by atoms with Gasteiger partial charge in [0.25, 0.3) is 0 Å². The maximum absolute atomic E-state index is 11.6. The molecule has 16 heavy (non-hydrogen) atoms. The van der Waals surface area contributed by atoms with Crippen LogP contribution in [0.3, 0.4) is 0 Å². The SMILES string of the molecule is CC(C)CNC(=O)C(C)OC1CCC(N)C1. The van der Waals surface area contributed by atoms with E-state index in [0.29, 0.717) is 12.5 Å². The Bertz CT molecular complexity index is 231. The molecule has 1 amide bonds. The minimum absolute atomic E-state index is 0.0193. The molecule has 0 aromatic rings. The van der Waals surface area contributed by atoms with Crippen LogP contribution in [-0.2, 0) is 9.53 Å². The minimum Gasteiger partial charge on any atom is -0.365 e. The molecule has 0 radical (unpaired) electrons. The second kappa shape index (κ2) is 6.21. The molecule has 0 saturated heterocycles. The third-order valence-corrected chi connectivity index (χ3v) is 2.88. The average Bonchev–Trinajstić information content (AvgIpc) is 2.60. The zero-order valence-corrected chi connectivity index (χ0v) is 10.5. The summed E-state index contributed by atoms with van der Waals surface area (Å²) in [5, 5.41) is 2.87. The molecule has 1 aliphatic carbocycles. The number of nitrogens with one attached hydrogen (secondary N) is 1. The number of carbonyl (C=O) groups is 1. The Morgan fingerprint density at radius 2 is 2.12 bits per heavy atom. The van der Waals surface area contributed by atoms with Crippen molar-refractivity contribution >= 4 is 5.91 Å². The van der Waals surface area contributed by atoms with Gasteiger partial charge in [0.2, 0.25) is 5.91 Å². The van der Waals surface area contributed by atoms with E-state index in [1.165, 1.54) is 0 Å². The van der Waals surface area contributed by atoms with Gasteiger partial charge in [-0.05, 0) is 32.1 Å². The molecule has 1 fully saturated rings. The molecule has 3 N–H and O–H groups in total. The summed E-state index contributed by atoms with van der Waals surface area (Å²) in [6, 6.07) is 0.246. The molecule has 0 bridgehead atoms. The molecule has 0 aromatic heterocycles. The van der Waals surface area contributed by atoms with Gasteiger partial charge in [0.05, 0.1) is 6.10 Å². The molecule has 0 aromatic carbocycles. The van der Waals surface area contributed by atoms with E-state index in [0.717, 1.165) is 19.3 Å². The van der Waals surface area contributed by atoms with Crippen molar-refractivity contribution in [3.8, 4) is 0 Å². The molecule has 0 spiro atoms. The molecule has 0 aliphatic heterocycles. The Kier molecular flexibility index (Phi) is 5.22.